The predicted octanol–water partition coefficient (Wildman–Crippen LogP) is 0.261. The maximum absolute atomic E-state index is 5.24. The minimum atomic E-state index is 0.564. The van der Waals surface area contributed by atoms with Gasteiger partial charge < -0.3 is 10.1 Å². The Balaban J connectivity index is 2.01. The molecular weight excluding hydrogens is 168 g/mol. The fourth-order valence-electron chi connectivity index (χ4n) is 1.19. The number of rotatable bonds is 1. The molecule has 0 spiro atoms. The molecule has 0 aliphatic carbocycles. The van der Waals surface area contributed by atoms with Crippen LogP contribution in [-0.4, -0.2) is 35.4 Å². The monoisotopic (exact) mass is 180 g/mol. The molecule has 70 valence electrons. The summed E-state index contributed by atoms with van der Waals surface area (Å²) in [5.41, 5.74) is 0.951. The molecule has 0 fully saturated rings. The van der Waals surface area contributed by atoms with Gasteiger partial charge >= 0.3 is 0 Å². The van der Waals surface area contributed by atoms with Crippen LogP contribution in [0.25, 0.3) is 0 Å². The highest BCUT2D eigenvalue weighted by Crippen LogP contribution is 2.04. The van der Waals surface area contributed by atoms with Crippen LogP contribution in [0.2, 0.25) is 0 Å². The molecule has 2 heterocycles. The van der Waals surface area contributed by atoms with Crippen molar-refractivity contribution in [2.75, 3.05) is 25.1 Å². The Kier molecular flexibility index (Phi) is 2.27. The highest BCUT2D eigenvalue weighted by atomic mass is 16.5. The van der Waals surface area contributed by atoms with Crippen molar-refractivity contribution in [2.45, 2.75) is 0 Å². The normalized spacial score (nSPS) is 16.8. The number of ether oxygens (including phenoxy) is 1. The van der Waals surface area contributed by atoms with E-state index in [1.807, 2.05) is 13.2 Å². The van der Waals surface area contributed by atoms with Crippen LogP contribution in [0, 0.1) is 0 Å². The fraction of sp³-hybridized carbons (Fsp3) is 0.500. The van der Waals surface area contributed by atoms with Crippen molar-refractivity contribution in [3.63, 3.8) is 0 Å². The standard InChI is InChI=1S/C8H12N4O/c1-12-5-7(4-10-12)11-8-6-13-3-2-9-8/h4-5H,2-3,6H2,1H3,(H,9,11). The van der Waals surface area contributed by atoms with E-state index in [-0.39, 0.29) is 0 Å². The van der Waals surface area contributed by atoms with Crippen LogP contribution in [0.15, 0.2) is 17.4 Å². The summed E-state index contributed by atoms with van der Waals surface area (Å²) in [6.07, 6.45) is 3.66. The van der Waals surface area contributed by atoms with Gasteiger partial charge in [0.2, 0.25) is 0 Å². The molecule has 0 bridgehead atoms. The second kappa shape index (κ2) is 3.57. The van der Waals surface area contributed by atoms with Gasteiger partial charge in [-0.25, -0.2) is 0 Å². The first-order chi connectivity index (χ1) is 6.34. The lowest BCUT2D eigenvalue weighted by molar-refractivity contribution is 0.171. The molecule has 1 aromatic rings. The van der Waals surface area contributed by atoms with E-state index in [9.17, 15) is 0 Å². The Morgan fingerprint density at radius 1 is 1.62 bits per heavy atom. The summed E-state index contributed by atoms with van der Waals surface area (Å²) in [6, 6.07) is 0. The number of anilines is 1. The highest BCUT2D eigenvalue weighted by Gasteiger charge is 2.05. The minimum Gasteiger partial charge on any atom is -0.372 e. The third kappa shape index (κ3) is 2.06. The molecule has 0 saturated carbocycles. The van der Waals surface area contributed by atoms with Crippen LogP contribution in [0.4, 0.5) is 5.69 Å². The van der Waals surface area contributed by atoms with Crippen molar-refractivity contribution in [2.24, 2.45) is 12.0 Å². The molecule has 0 unspecified atom stereocenters. The lowest BCUT2D eigenvalue weighted by Crippen LogP contribution is -2.24. The molecule has 0 saturated heterocycles. The second-order valence-electron chi connectivity index (χ2n) is 2.91. The first-order valence-corrected chi connectivity index (χ1v) is 4.21. The van der Waals surface area contributed by atoms with Gasteiger partial charge in [-0.15, -0.1) is 0 Å². The lowest BCUT2D eigenvalue weighted by atomic mass is 10.5. The van der Waals surface area contributed by atoms with Gasteiger partial charge in [-0.05, 0) is 0 Å². The van der Waals surface area contributed by atoms with Gasteiger partial charge in [0.05, 0.1) is 25.0 Å². The zero-order valence-corrected chi connectivity index (χ0v) is 7.53. The highest BCUT2D eigenvalue weighted by molar-refractivity contribution is 5.96. The van der Waals surface area contributed by atoms with Gasteiger partial charge in [-0.2, -0.15) is 5.10 Å². The Labute approximate surface area is 76.4 Å². The summed E-state index contributed by atoms with van der Waals surface area (Å²) in [4.78, 5) is 4.28. The molecule has 5 nitrogen and oxygen atoms in total. The quantitative estimate of drug-likeness (QED) is 0.674. The maximum atomic E-state index is 5.24. The lowest BCUT2D eigenvalue weighted by Gasteiger charge is -2.12. The molecule has 0 atom stereocenters. The van der Waals surface area contributed by atoms with Gasteiger partial charge in [-0.1, -0.05) is 0 Å². The number of aryl methyl sites for hydroxylation is 1. The SMILES string of the molecule is Cn1cc(NC2=NCCOC2)cn1. The van der Waals surface area contributed by atoms with E-state index >= 15 is 0 Å². The maximum Gasteiger partial charge on any atom is 0.127 e. The molecule has 1 N–H and O–H groups in total. The zero-order chi connectivity index (χ0) is 9.10. The molecule has 13 heavy (non-hydrogen) atoms. The van der Waals surface area contributed by atoms with Gasteiger partial charge in [0.15, 0.2) is 0 Å². The Morgan fingerprint density at radius 2 is 2.54 bits per heavy atom. The molecular formula is C8H12N4O. The van der Waals surface area contributed by atoms with E-state index in [1.54, 1.807) is 10.9 Å². The molecule has 0 aromatic carbocycles. The number of nitrogens with zero attached hydrogens (tertiary/aromatic N) is 3. The molecule has 1 aromatic heterocycles. The van der Waals surface area contributed by atoms with E-state index in [2.05, 4.69) is 15.4 Å². The van der Waals surface area contributed by atoms with E-state index in [1.165, 1.54) is 0 Å². The third-order valence-corrected chi connectivity index (χ3v) is 1.77. The summed E-state index contributed by atoms with van der Waals surface area (Å²) in [7, 11) is 1.88. The van der Waals surface area contributed by atoms with Crippen LogP contribution >= 0.6 is 0 Å². The average Bonchev–Trinajstić information content (AvgIpc) is 2.53. The van der Waals surface area contributed by atoms with Crippen molar-refractivity contribution >= 4 is 11.5 Å². The molecule has 1 aliphatic rings. The van der Waals surface area contributed by atoms with Crippen molar-refractivity contribution < 1.29 is 4.74 Å². The van der Waals surface area contributed by atoms with E-state index in [4.69, 9.17) is 4.74 Å². The van der Waals surface area contributed by atoms with Gasteiger partial charge in [0.25, 0.3) is 0 Å². The van der Waals surface area contributed by atoms with Crippen LogP contribution in [0.1, 0.15) is 0 Å². The van der Waals surface area contributed by atoms with E-state index in [0.29, 0.717) is 6.61 Å². The second-order valence-corrected chi connectivity index (χ2v) is 2.91. The van der Waals surface area contributed by atoms with E-state index < -0.39 is 0 Å². The van der Waals surface area contributed by atoms with Crippen molar-refractivity contribution in [1.29, 1.82) is 0 Å². The number of nitrogens with one attached hydrogen (secondary N) is 1. The first-order valence-electron chi connectivity index (χ1n) is 4.21. The summed E-state index contributed by atoms with van der Waals surface area (Å²) in [6.45, 7) is 2.02. The summed E-state index contributed by atoms with van der Waals surface area (Å²) < 4.78 is 6.98. The number of aliphatic imine (C=N–C) groups is 1. The Bertz CT molecular complexity index is 318. The van der Waals surface area contributed by atoms with E-state index in [0.717, 1.165) is 24.7 Å². The molecule has 0 radical (unpaired) electrons. The summed E-state index contributed by atoms with van der Waals surface area (Å²) >= 11 is 0. The Morgan fingerprint density at radius 3 is 3.15 bits per heavy atom. The molecule has 0 amide bonds. The topological polar surface area (TPSA) is 51.4 Å². The fourth-order valence-corrected chi connectivity index (χ4v) is 1.19. The average molecular weight is 180 g/mol. The third-order valence-electron chi connectivity index (χ3n) is 1.77. The Hall–Kier alpha value is -1.36. The van der Waals surface area contributed by atoms with Crippen LogP contribution < -0.4 is 5.32 Å². The van der Waals surface area contributed by atoms with Crippen molar-refractivity contribution in [1.82, 2.24) is 9.78 Å². The summed E-state index contributed by atoms with van der Waals surface area (Å²) in [5, 5.41) is 7.18. The molecule has 1 aliphatic heterocycles. The van der Waals surface area contributed by atoms with Gasteiger partial charge in [0, 0.05) is 13.2 Å². The molecule has 2 rings (SSSR count). The van der Waals surface area contributed by atoms with Crippen LogP contribution in [0.5, 0.6) is 0 Å². The largest absolute Gasteiger partial charge is 0.372 e. The van der Waals surface area contributed by atoms with Crippen molar-refractivity contribution in [3.8, 4) is 0 Å². The van der Waals surface area contributed by atoms with Crippen LogP contribution in [-0.2, 0) is 11.8 Å². The van der Waals surface area contributed by atoms with Crippen molar-refractivity contribution in [3.05, 3.63) is 12.4 Å². The smallest absolute Gasteiger partial charge is 0.127 e. The number of amidine groups is 1. The zero-order valence-electron chi connectivity index (χ0n) is 7.53. The number of hydrogen-bond donors (Lipinski definition) is 1. The molecule has 5 heteroatoms. The van der Waals surface area contributed by atoms with Crippen LogP contribution in [0.3, 0.4) is 0 Å². The predicted molar refractivity (Wildman–Crippen MR) is 50.0 cm³/mol. The summed E-state index contributed by atoms with van der Waals surface area (Å²) in [5.74, 6) is 0.874. The van der Waals surface area contributed by atoms with Gasteiger partial charge in [0.1, 0.15) is 12.4 Å². The first kappa shape index (κ1) is 8.25. The number of aromatic nitrogens is 2. The minimum absolute atomic E-state index is 0.564. The van der Waals surface area contributed by atoms with Gasteiger partial charge in [-0.3, -0.25) is 9.67 Å². The number of hydrogen-bond acceptors (Lipinski definition) is 4.